The monoisotopic (exact) mass is 473 g/mol. The zero-order valence-corrected chi connectivity index (χ0v) is 20.0. The lowest BCUT2D eigenvalue weighted by molar-refractivity contribution is 0.309. The van der Waals surface area contributed by atoms with Gasteiger partial charge in [0.15, 0.2) is 5.96 Å². The number of thiophene rings is 1. The summed E-state index contributed by atoms with van der Waals surface area (Å²) < 4.78 is 7.34. The number of benzene rings is 3. The van der Waals surface area contributed by atoms with Crippen molar-refractivity contribution in [2.75, 3.05) is 13.2 Å². The Kier molecular flexibility index (Phi) is 8.14. The van der Waals surface area contributed by atoms with Crippen molar-refractivity contribution in [2.24, 2.45) is 22.2 Å². The fourth-order valence-corrected chi connectivity index (χ4v) is 4.82. The third kappa shape index (κ3) is 6.35. The van der Waals surface area contributed by atoms with Crippen LogP contribution in [0.5, 0.6) is 5.75 Å². The maximum absolute atomic E-state index is 6.05. The van der Waals surface area contributed by atoms with Gasteiger partial charge in [-0.25, -0.2) is 4.99 Å². The van der Waals surface area contributed by atoms with Crippen LogP contribution in [-0.4, -0.2) is 19.1 Å². The molecule has 0 spiro atoms. The van der Waals surface area contributed by atoms with Crippen molar-refractivity contribution < 1.29 is 4.74 Å². The van der Waals surface area contributed by atoms with Gasteiger partial charge >= 0.3 is 0 Å². The number of fused-ring (bicyclic) bond motifs is 1. The van der Waals surface area contributed by atoms with Crippen LogP contribution in [0, 0.1) is 0 Å². The Labute approximate surface area is 204 Å². The molecule has 0 bridgehead atoms. The first kappa shape index (κ1) is 23.8. The highest BCUT2D eigenvalue weighted by Gasteiger charge is 2.10. The van der Waals surface area contributed by atoms with Crippen LogP contribution in [0.3, 0.4) is 0 Å². The average molecular weight is 474 g/mol. The molecular weight excluding hydrogens is 442 g/mol. The summed E-state index contributed by atoms with van der Waals surface area (Å²) >= 11 is 1.81. The highest BCUT2D eigenvalue weighted by molar-refractivity contribution is 7.22. The van der Waals surface area contributed by atoms with Crippen LogP contribution in [0.1, 0.15) is 23.1 Å². The van der Waals surface area contributed by atoms with Crippen LogP contribution in [0.25, 0.3) is 20.5 Å². The van der Waals surface area contributed by atoms with Gasteiger partial charge in [-0.15, -0.1) is 11.3 Å². The van der Waals surface area contributed by atoms with Crippen LogP contribution in [0.15, 0.2) is 77.8 Å². The molecule has 34 heavy (non-hydrogen) atoms. The second kappa shape index (κ2) is 11.7. The summed E-state index contributed by atoms with van der Waals surface area (Å²) in [4.78, 5) is 5.35. The Morgan fingerprint density at radius 1 is 0.912 bits per heavy atom. The van der Waals surface area contributed by atoms with Gasteiger partial charge in [-0.05, 0) is 65.4 Å². The van der Waals surface area contributed by atoms with E-state index in [1.165, 1.54) is 26.1 Å². The molecule has 0 radical (unpaired) electrons. The molecule has 6 nitrogen and oxygen atoms in total. The Balaban J connectivity index is 1.50. The van der Waals surface area contributed by atoms with Gasteiger partial charge in [-0.2, -0.15) is 0 Å². The number of guanidine groups is 1. The maximum atomic E-state index is 6.05. The molecule has 7 heteroatoms. The van der Waals surface area contributed by atoms with E-state index >= 15 is 0 Å². The van der Waals surface area contributed by atoms with Crippen LogP contribution >= 0.6 is 11.3 Å². The molecule has 0 fully saturated rings. The fourth-order valence-electron chi connectivity index (χ4n) is 3.76. The van der Waals surface area contributed by atoms with Gasteiger partial charge in [0, 0.05) is 28.2 Å². The first-order valence-electron chi connectivity index (χ1n) is 11.4. The van der Waals surface area contributed by atoms with Gasteiger partial charge < -0.3 is 27.3 Å². The third-order valence-electron chi connectivity index (χ3n) is 5.46. The number of hydrogen-bond acceptors (Lipinski definition) is 5. The quantitative estimate of drug-likeness (QED) is 0.147. The molecule has 1 heterocycles. The van der Waals surface area contributed by atoms with E-state index in [9.17, 15) is 0 Å². The van der Waals surface area contributed by atoms with Crippen LogP contribution in [-0.2, 0) is 19.6 Å². The summed E-state index contributed by atoms with van der Waals surface area (Å²) in [6, 6.07) is 25.4. The van der Waals surface area contributed by atoms with E-state index < -0.39 is 0 Å². The predicted molar refractivity (Wildman–Crippen MR) is 143 cm³/mol. The number of nitrogens with zero attached hydrogens (tertiary/aromatic N) is 1. The van der Waals surface area contributed by atoms with Gasteiger partial charge in [0.05, 0.1) is 13.2 Å². The number of aliphatic imine (C=N–C) groups is 1. The number of rotatable bonds is 11. The SMILES string of the molecule is NCCCOc1ccc(-c2cc3ccccc3s2)cc1CNCc1cccc(CN=C(N)N)c1. The third-order valence-corrected chi connectivity index (χ3v) is 6.62. The van der Waals surface area contributed by atoms with Gasteiger partial charge in [-0.3, -0.25) is 0 Å². The standard InChI is InChI=1S/C27H31N5OS/c28-11-4-12-33-24-10-9-22(26-15-21-7-1-2-8-25(21)34-26)14-23(24)18-31-16-19-5-3-6-20(13-19)17-32-27(29)30/h1-3,5-10,13-15,31H,4,11-12,16-18,28H2,(H4,29,30,32). The minimum atomic E-state index is 0.101. The van der Waals surface area contributed by atoms with E-state index in [4.69, 9.17) is 21.9 Å². The van der Waals surface area contributed by atoms with Crippen molar-refractivity contribution >= 4 is 27.4 Å². The Hall–Kier alpha value is -3.39. The molecule has 0 saturated carbocycles. The molecule has 0 amide bonds. The van der Waals surface area contributed by atoms with E-state index in [0.29, 0.717) is 26.2 Å². The van der Waals surface area contributed by atoms with Crippen molar-refractivity contribution in [1.82, 2.24) is 5.32 Å². The van der Waals surface area contributed by atoms with E-state index in [1.807, 2.05) is 23.5 Å². The maximum Gasteiger partial charge on any atom is 0.186 e. The molecule has 0 aliphatic heterocycles. The van der Waals surface area contributed by atoms with Crippen molar-refractivity contribution in [3.8, 4) is 16.2 Å². The molecular formula is C27H31N5OS. The van der Waals surface area contributed by atoms with Gasteiger partial charge in [0.1, 0.15) is 5.75 Å². The van der Waals surface area contributed by atoms with Crippen LogP contribution in [0.4, 0.5) is 0 Å². The Morgan fingerprint density at radius 3 is 2.59 bits per heavy atom. The minimum absolute atomic E-state index is 0.101. The zero-order valence-electron chi connectivity index (χ0n) is 19.2. The smallest absolute Gasteiger partial charge is 0.186 e. The molecule has 1 aromatic heterocycles. The van der Waals surface area contributed by atoms with Crippen molar-refractivity contribution in [3.05, 3.63) is 89.5 Å². The fraction of sp³-hybridized carbons (Fsp3) is 0.222. The molecule has 0 atom stereocenters. The summed E-state index contributed by atoms with van der Waals surface area (Å²) in [6.07, 6.45) is 0.827. The molecule has 4 rings (SSSR count). The molecule has 4 aromatic rings. The molecule has 176 valence electrons. The lowest BCUT2D eigenvalue weighted by atomic mass is 10.1. The molecule has 0 aliphatic carbocycles. The van der Waals surface area contributed by atoms with E-state index in [2.05, 4.69) is 71.0 Å². The second-order valence-corrected chi connectivity index (χ2v) is 9.21. The van der Waals surface area contributed by atoms with E-state index in [0.717, 1.165) is 29.8 Å². The largest absolute Gasteiger partial charge is 0.493 e. The number of ether oxygens (including phenoxy) is 1. The average Bonchev–Trinajstić information content (AvgIpc) is 3.28. The number of hydrogen-bond donors (Lipinski definition) is 4. The van der Waals surface area contributed by atoms with Crippen LogP contribution in [0.2, 0.25) is 0 Å². The first-order chi connectivity index (χ1) is 16.6. The zero-order chi connectivity index (χ0) is 23.8. The first-order valence-corrected chi connectivity index (χ1v) is 12.2. The Bertz CT molecular complexity index is 1230. The second-order valence-electron chi connectivity index (χ2n) is 8.13. The van der Waals surface area contributed by atoms with Gasteiger partial charge in [-0.1, -0.05) is 42.5 Å². The summed E-state index contributed by atoms with van der Waals surface area (Å²) in [5.74, 6) is 0.997. The van der Waals surface area contributed by atoms with Crippen LogP contribution < -0.4 is 27.3 Å². The lowest BCUT2D eigenvalue weighted by Gasteiger charge is -2.14. The molecule has 7 N–H and O–H groups in total. The van der Waals surface area contributed by atoms with Crippen molar-refractivity contribution in [3.63, 3.8) is 0 Å². The number of nitrogens with one attached hydrogen (secondary N) is 1. The summed E-state index contributed by atoms with van der Waals surface area (Å²) in [5, 5.41) is 4.83. The Morgan fingerprint density at radius 2 is 1.76 bits per heavy atom. The molecule has 3 aromatic carbocycles. The van der Waals surface area contributed by atoms with Gasteiger partial charge in [0.25, 0.3) is 0 Å². The molecule has 0 saturated heterocycles. The topological polar surface area (TPSA) is 112 Å². The molecule has 0 aliphatic rings. The molecule has 0 unspecified atom stereocenters. The minimum Gasteiger partial charge on any atom is -0.493 e. The van der Waals surface area contributed by atoms with Crippen molar-refractivity contribution in [1.29, 1.82) is 0 Å². The van der Waals surface area contributed by atoms with E-state index in [-0.39, 0.29) is 5.96 Å². The summed E-state index contributed by atoms with van der Waals surface area (Å²) in [7, 11) is 0. The normalized spacial score (nSPS) is 11.0. The van der Waals surface area contributed by atoms with E-state index in [1.54, 1.807) is 0 Å². The lowest BCUT2D eigenvalue weighted by Crippen LogP contribution is -2.22. The summed E-state index contributed by atoms with van der Waals surface area (Å²) in [6.45, 7) is 3.12. The van der Waals surface area contributed by atoms with Gasteiger partial charge in [0.2, 0.25) is 0 Å². The summed E-state index contributed by atoms with van der Waals surface area (Å²) in [5.41, 5.74) is 21.1. The highest BCUT2D eigenvalue weighted by Crippen LogP contribution is 2.35. The highest BCUT2D eigenvalue weighted by atomic mass is 32.1. The predicted octanol–water partition coefficient (Wildman–Crippen LogP) is 4.36. The van der Waals surface area contributed by atoms with Crippen molar-refractivity contribution in [2.45, 2.75) is 26.1 Å². The number of nitrogens with two attached hydrogens (primary N) is 3.